The first-order chi connectivity index (χ1) is 12.1. The Morgan fingerprint density at radius 2 is 2.08 bits per heavy atom. The van der Waals surface area contributed by atoms with Crippen LogP contribution < -0.4 is 10.9 Å². The maximum absolute atomic E-state index is 12.7. The lowest BCUT2D eigenvalue weighted by atomic mass is 10.1. The molecular formula is C19H22ClN3O2. The van der Waals surface area contributed by atoms with Crippen molar-refractivity contribution in [3.05, 3.63) is 69.1 Å². The van der Waals surface area contributed by atoms with E-state index in [1.165, 1.54) is 10.6 Å². The van der Waals surface area contributed by atoms with Crippen molar-refractivity contribution in [3.63, 3.8) is 0 Å². The Balaban J connectivity index is 1.79. The molecule has 1 aromatic heterocycles. The summed E-state index contributed by atoms with van der Waals surface area (Å²) in [4.78, 5) is 26.8. The molecule has 0 radical (unpaired) electrons. The van der Waals surface area contributed by atoms with Gasteiger partial charge in [-0.1, -0.05) is 29.8 Å². The SMILES string of the molecule is CNCC1CCN(C(=O)c2ccc(=O)n(Cc3ccccc3Cl)c2)C1. The molecule has 0 aliphatic carbocycles. The summed E-state index contributed by atoms with van der Waals surface area (Å²) in [7, 11) is 1.93. The van der Waals surface area contributed by atoms with Crippen LogP contribution in [0.15, 0.2) is 47.4 Å². The molecule has 0 saturated carbocycles. The third kappa shape index (κ3) is 4.11. The molecule has 25 heavy (non-hydrogen) atoms. The summed E-state index contributed by atoms with van der Waals surface area (Å²) in [5, 5.41) is 3.77. The van der Waals surface area contributed by atoms with Gasteiger partial charge in [-0.05, 0) is 43.6 Å². The quantitative estimate of drug-likeness (QED) is 0.890. The van der Waals surface area contributed by atoms with E-state index >= 15 is 0 Å². The molecule has 6 heteroatoms. The van der Waals surface area contributed by atoms with E-state index in [9.17, 15) is 9.59 Å². The Morgan fingerprint density at radius 1 is 1.28 bits per heavy atom. The fraction of sp³-hybridized carbons (Fsp3) is 0.368. The summed E-state index contributed by atoms with van der Waals surface area (Å²) in [5.41, 5.74) is 1.24. The van der Waals surface area contributed by atoms with Crippen LogP contribution in [0.5, 0.6) is 0 Å². The first kappa shape index (κ1) is 17.7. The monoisotopic (exact) mass is 359 g/mol. The molecule has 132 valence electrons. The predicted molar refractivity (Wildman–Crippen MR) is 99.2 cm³/mol. The van der Waals surface area contributed by atoms with Gasteiger partial charge in [-0.2, -0.15) is 0 Å². The van der Waals surface area contributed by atoms with Gasteiger partial charge in [-0.25, -0.2) is 0 Å². The van der Waals surface area contributed by atoms with Crippen molar-refractivity contribution in [1.29, 1.82) is 0 Å². The fourth-order valence-electron chi connectivity index (χ4n) is 3.25. The Kier molecular flexibility index (Phi) is 5.56. The van der Waals surface area contributed by atoms with Gasteiger partial charge in [0.2, 0.25) is 0 Å². The van der Waals surface area contributed by atoms with Crippen LogP contribution in [0.2, 0.25) is 5.02 Å². The van der Waals surface area contributed by atoms with Crippen molar-refractivity contribution >= 4 is 17.5 Å². The zero-order valence-corrected chi connectivity index (χ0v) is 15.0. The number of hydrogen-bond acceptors (Lipinski definition) is 3. The van der Waals surface area contributed by atoms with Gasteiger partial charge in [-0.3, -0.25) is 9.59 Å². The number of rotatable bonds is 5. The van der Waals surface area contributed by atoms with Crippen LogP contribution >= 0.6 is 11.6 Å². The number of likely N-dealkylation sites (tertiary alicyclic amines) is 1. The largest absolute Gasteiger partial charge is 0.338 e. The molecule has 1 unspecified atom stereocenters. The first-order valence-corrected chi connectivity index (χ1v) is 8.84. The summed E-state index contributed by atoms with van der Waals surface area (Å²) in [6.45, 7) is 2.77. The van der Waals surface area contributed by atoms with Crippen LogP contribution in [0.1, 0.15) is 22.3 Å². The van der Waals surface area contributed by atoms with E-state index < -0.39 is 0 Å². The number of halogens is 1. The maximum atomic E-state index is 12.7. The summed E-state index contributed by atoms with van der Waals surface area (Å²) < 4.78 is 1.54. The summed E-state index contributed by atoms with van der Waals surface area (Å²) in [6.07, 6.45) is 2.64. The van der Waals surface area contributed by atoms with Gasteiger partial charge in [0.05, 0.1) is 12.1 Å². The van der Waals surface area contributed by atoms with Gasteiger partial charge in [0.1, 0.15) is 0 Å². The van der Waals surface area contributed by atoms with Gasteiger partial charge in [0.15, 0.2) is 0 Å². The molecule has 1 aliphatic rings. The Bertz CT molecular complexity index is 818. The van der Waals surface area contributed by atoms with E-state index in [1.807, 2.05) is 30.1 Å². The van der Waals surface area contributed by atoms with Crippen LogP contribution in [-0.4, -0.2) is 42.1 Å². The highest BCUT2D eigenvalue weighted by Gasteiger charge is 2.26. The van der Waals surface area contributed by atoms with Crippen molar-refractivity contribution in [1.82, 2.24) is 14.8 Å². The standard InChI is InChI=1S/C19H22ClN3O2/c1-21-10-14-8-9-22(11-14)19(25)16-6-7-18(24)23(13-16)12-15-4-2-3-5-17(15)20/h2-7,13-14,21H,8-12H2,1H3. The molecule has 0 spiro atoms. The second kappa shape index (κ2) is 7.85. The number of pyridine rings is 1. The zero-order valence-electron chi connectivity index (χ0n) is 14.2. The molecule has 5 nitrogen and oxygen atoms in total. The number of carbonyl (C=O) groups is 1. The third-order valence-electron chi connectivity index (χ3n) is 4.59. The minimum absolute atomic E-state index is 0.0217. The second-order valence-electron chi connectivity index (χ2n) is 6.44. The van der Waals surface area contributed by atoms with Gasteiger partial charge >= 0.3 is 0 Å². The number of aromatic nitrogens is 1. The summed E-state index contributed by atoms with van der Waals surface area (Å²) >= 11 is 6.18. The van der Waals surface area contributed by atoms with Crippen LogP contribution in [0.25, 0.3) is 0 Å². The Labute approximate surface area is 152 Å². The highest BCUT2D eigenvalue weighted by Crippen LogP contribution is 2.19. The summed E-state index contributed by atoms with van der Waals surface area (Å²) in [5.74, 6) is 0.467. The minimum atomic E-state index is -0.147. The molecule has 2 aromatic rings. The number of carbonyl (C=O) groups excluding carboxylic acids is 1. The lowest BCUT2D eigenvalue weighted by Crippen LogP contribution is -2.31. The molecule has 1 N–H and O–H groups in total. The van der Waals surface area contributed by atoms with E-state index in [4.69, 9.17) is 11.6 Å². The van der Waals surface area contributed by atoms with E-state index in [0.29, 0.717) is 23.0 Å². The van der Waals surface area contributed by atoms with Crippen molar-refractivity contribution in [2.75, 3.05) is 26.7 Å². The van der Waals surface area contributed by atoms with E-state index in [2.05, 4.69) is 5.32 Å². The van der Waals surface area contributed by atoms with Crippen molar-refractivity contribution in [2.24, 2.45) is 5.92 Å². The highest BCUT2D eigenvalue weighted by molar-refractivity contribution is 6.31. The normalized spacial score (nSPS) is 17.0. The van der Waals surface area contributed by atoms with E-state index in [-0.39, 0.29) is 11.5 Å². The highest BCUT2D eigenvalue weighted by atomic mass is 35.5. The number of hydrogen-bond donors (Lipinski definition) is 1. The molecule has 1 saturated heterocycles. The molecular weight excluding hydrogens is 338 g/mol. The minimum Gasteiger partial charge on any atom is -0.338 e. The Hall–Kier alpha value is -2.11. The molecule has 1 aromatic carbocycles. The average Bonchev–Trinajstić information content (AvgIpc) is 3.07. The number of amides is 1. The molecule has 3 rings (SSSR count). The molecule has 1 fully saturated rings. The first-order valence-electron chi connectivity index (χ1n) is 8.46. The number of benzene rings is 1. The Morgan fingerprint density at radius 3 is 2.84 bits per heavy atom. The molecule has 1 atom stereocenters. The van der Waals surface area contributed by atoms with E-state index in [0.717, 1.165) is 31.6 Å². The van der Waals surface area contributed by atoms with Crippen LogP contribution in [0.3, 0.4) is 0 Å². The van der Waals surface area contributed by atoms with E-state index in [1.54, 1.807) is 18.3 Å². The lowest BCUT2D eigenvalue weighted by molar-refractivity contribution is 0.0786. The summed E-state index contributed by atoms with van der Waals surface area (Å²) in [6, 6.07) is 10.5. The second-order valence-corrected chi connectivity index (χ2v) is 6.85. The third-order valence-corrected chi connectivity index (χ3v) is 4.96. The zero-order chi connectivity index (χ0) is 17.8. The van der Waals surface area contributed by atoms with Crippen LogP contribution in [0.4, 0.5) is 0 Å². The van der Waals surface area contributed by atoms with Crippen molar-refractivity contribution < 1.29 is 4.79 Å². The van der Waals surface area contributed by atoms with Crippen molar-refractivity contribution in [2.45, 2.75) is 13.0 Å². The van der Waals surface area contributed by atoms with Gasteiger partial charge in [0.25, 0.3) is 11.5 Å². The topological polar surface area (TPSA) is 54.3 Å². The van der Waals surface area contributed by atoms with Gasteiger partial charge in [-0.15, -0.1) is 0 Å². The average molecular weight is 360 g/mol. The number of nitrogens with one attached hydrogen (secondary N) is 1. The lowest BCUT2D eigenvalue weighted by Gasteiger charge is -2.17. The van der Waals surface area contributed by atoms with Crippen LogP contribution in [0, 0.1) is 5.92 Å². The maximum Gasteiger partial charge on any atom is 0.255 e. The molecule has 1 amide bonds. The van der Waals surface area contributed by atoms with Crippen LogP contribution in [-0.2, 0) is 6.54 Å². The molecule has 1 aliphatic heterocycles. The fourth-order valence-corrected chi connectivity index (χ4v) is 3.44. The predicted octanol–water partition coefficient (Wildman–Crippen LogP) is 2.23. The smallest absolute Gasteiger partial charge is 0.255 e. The molecule has 0 bridgehead atoms. The van der Waals surface area contributed by atoms with Gasteiger partial charge < -0.3 is 14.8 Å². The van der Waals surface area contributed by atoms with Gasteiger partial charge in [0, 0.05) is 30.4 Å². The molecule has 2 heterocycles. The number of nitrogens with zero attached hydrogens (tertiary/aromatic N) is 2. The van der Waals surface area contributed by atoms with Crippen molar-refractivity contribution in [3.8, 4) is 0 Å².